The molecule has 19 heavy (non-hydrogen) atoms. The lowest BCUT2D eigenvalue weighted by Gasteiger charge is -2.30. The van der Waals surface area contributed by atoms with E-state index in [4.69, 9.17) is 9.47 Å². The monoisotopic (exact) mass is 382 g/mol. The molecule has 0 heterocycles. The van der Waals surface area contributed by atoms with Gasteiger partial charge in [0.15, 0.2) is 0 Å². The van der Waals surface area contributed by atoms with E-state index in [0.717, 1.165) is 17.3 Å². The number of halogens is 1. The van der Waals surface area contributed by atoms with Gasteiger partial charge < -0.3 is 9.47 Å². The smallest absolute Gasteiger partial charge is 0.313 e. The third kappa shape index (κ3) is 7.80. The van der Waals surface area contributed by atoms with Crippen molar-refractivity contribution in [3.63, 3.8) is 0 Å². The van der Waals surface area contributed by atoms with E-state index in [9.17, 15) is 4.79 Å². The van der Waals surface area contributed by atoms with Crippen LogP contribution in [-0.4, -0.2) is 22.1 Å². The summed E-state index contributed by atoms with van der Waals surface area (Å²) in [4.78, 5) is 12.3. The molecule has 0 bridgehead atoms. The van der Waals surface area contributed by atoms with E-state index < -0.39 is 5.60 Å². The standard InChI is InChI=1S/C15H27IO3/c1-7-18-13(11(2)3)12(9-8-10-16)14(17)19-15(4,5)6/h7,11-13H,1,8-10H2,2-6H3/t12-,13+/m1/s1. The van der Waals surface area contributed by atoms with Crippen molar-refractivity contribution in [3.05, 3.63) is 12.8 Å². The molecule has 0 aliphatic heterocycles. The molecule has 4 heteroatoms. The minimum Gasteiger partial charge on any atom is -0.497 e. The molecule has 0 aliphatic carbocycles. The number of hydrogen-bond donors (Lipinski definition) is 0. The fraction of sp³-hybridized carbons (Fsp3) is 0.800. The van der Waals surface area contributed by atoms with Gasteiger partial charge in [-0.1, -0.05) is 43.0 Å². The Morgan fingerprint density at radius 1 is 1.37 bits per heavy atom. The molecule has 112 valence electrons. The number of hydrogen-bond acceptors (Lipinski definition) is 3. The van der Waals surface area contributed by atoms with E-state index in [1.54, 1.807) is 0 Å². The van der Waals surface area contributed by atoms with Crippen LogP contribution in [0.4, 0.5) is 0 Å². The highest BCUT2D eigenvalue weighted by Crippen LogP contribution is 2.25. The van der Waals surface area contributed by atoms with Crippen molar-refractivity contribution >= 4 is 28.6 Å². The first-order chi connectivity index (χ1) is 8.72. The second-order valence-corrected chi connectivity index (χ2v) is 7.06. The van der Waals surface area contributed by atoms with E-state index in [1.807, 2.05) is 20.8 Å². The summed E-state index contributed by atoms with van der Waals surface area (Å²) in [6.07, 6.45) is 3.02. The van der Waals surface area contributed by atoms with E-state index in [-0.39, 0.29) is 23.9 Å². The molecule has 0 rings (SSSR count). The highest BCUT2D eigenvalue weighted by molar-refractivity contribution is 14.1. The maximum atomic E-state index is 12.3. The van der Waals surface area contributed by atoms with Gasteiger partial charge in [-0.15, -0.1) is 0 Å². The Bertz CT molecular complexity index is 282. The van der Waals surface area contributed by atoms with Crippen molar-refractivity contribution in [2.24, 2.45) is 11.8 Å². The molecule has 0 fully saturated rings. The largest absolute Gasteiger partial charge is 0.497 e. The number of carbonyl (C=O) groups is 1. The second-order valence-electron chi connectivity index (χ2n) is 5.98. The lowest BCUT2D eigenvalue weighted by atomic mass is 9.89. The first-order valence-electron chi connectivity index (χ1n) is 6.78. The quantitative estimate of drug-likeness (QED) is 0.271. The molecule has 0 amide bonds. The van der Waals surface area contributed by atoms with Crippen LogP contribution >= 0.6 is 22.6 Å². The summed E-state index contributed by atoms with van der Waals surface area (Å²) in [5.74, 6) is -0.158. The van der Waals surface area contributed by atoms with Crippen LogP contribution in [-0.2, 0) is 14.3 Å². The van der Waals surface area contributed by atoms with Gasteiger partial charge in [0.05, 0.1) is 12.2 Å². The van der Waals surface area contributed by atoms with Gasteiger partial charge in [0, 0.05) is 0 Å². The fourth-order valence-electron chi connectivity index (χ4n) is 1.92. The van der Waals surface area contributed by atoms with E-state index in [0.29, 0.717) is 0 Å². The Morgan fingerprint density at radius 3 is 2.32 bits per heavy atom. The Morgan fingerprint density at radius 2 is 1.95 bits per heavy atom. The number of carbonyl (C=O) groups excluding carboxylic acids is 1. The number of ether oxygens (including phenoxy) is 2. The molecule has 0 unspecified atom stereocenters. The fourth-order valence-corrected chi connectivity index (χ4v) is 2.36. The molecule has 0 radical (unpaired) electrons. The van der Waals surface area contributed by atoms with Gasteiger partial charge in [0.25, 0.3) is 0 Å². The van der Waals surface area contributed by atoms with Crippen molar-refractivity contribution in [1.29, 1.82) is 0 Å². The van der Waals surface area contributed by atoms with Gasteiger partial charge in [-0.3, -0.25) is 4.79 Å². The summed E-state index contributed by atoms with van der Waals surface area (Å²) in [7, 11) is 0. The predicted octanol–water partition coefficient (Wildman–Crippen LogP) is 4.34. The van der Waals surface area contributed by atoms with Crippen molar-refractivity contribution < 1.29 is 14.3 Å². The minimum absolute atomic E-state index is 0.169. The molecule has 0 N–H and O–H groups in total. The van der Waals surface area contributed by atoms with Crippen LogP contribution < -0.4 is 0 Å². The zero-order valence-corrected chi connectivity index (χ0v) is 14.9. The maximum Gasteiger partial charge on any atom is 0.313 e. The molecule has 3 nitrogen and oxygen atoms in total. The van der Waals surface area contributed by atoms with Crippen LogP contribution in [0.5, 0.6) is 0 Å². The lowest BCUT2D eigenvalue weighted by molar-refractivity contribution is -0.165. The minimum atomic E-state index is -0.463. The zero-order chi connectivity index (χ0) is 15.1. The summed E-state index contributed by atoms with van der Waals surface area (Å²) >= 11 is 2.32. The van der Waals surface area contributed by atoms with Gasteiger partial charge in [0.2, 0.25) is 0 Å². The van der Waals surface area contributed by atoms with Crippen LogP contribution in [0, 0.1) is 11.8 Å². The summed E-state index contributed by atoms with van der Waals surface area (Å²) in [6.45, 7) is 13.4. The average Bonchev–Trinajstić information content (AvgIpc) is 2.25. The molecule has 0 saturated carbocycles. The van der Waals surface area contributed by atoms with Gasteiger partial charge in [-0.2, -0.15) is 0 Å². The van der Waals surface area contributed by atoms with Crippen molar-refractivity contribution in [3.8, 4) is 0 Å². The summed E-state index contributed by atoms with van der Waals surface area (Å²) in [5.41, 5.74) is -0.463. The molecule has 0 saturated heterocycles. The van der Waals surface area contributed by atoms with Gasteiger partial charge in [-0.05, 0) is 44.0 Å². The summed E-state index contributed by atoms with van der Waals surface area (Å²) < 4.78 is 12.1. The number of rotatable bonds is 8. The van der Waals surface area contributed by atoms with Crippen molar-refractivity contribution in [1.82, 2.24) is 0 Å². The molecule has 0 aliphatic rings. The first-order valence-corrected chi connectivity index (χ1v) is 8.30. The van der Waals surface area contributed by atoms with E-state index in [2.05, 4.69) is 43.0 Å². The normalized spacial score (nSPS) is 14.9. The molecule has 0 spiro atoms. The third-order valence-corrected chi connectivity index (χ3v) is 3.43. The van der Waals surface area contributed by atoms with Gasteiger partial charge in [0.1, 0.15) is 11.7 Å². The molecule has 0 aromatic rings. The molecule has 0 aromatic carbocycles. The number of esters is 1. The Kier molecular flexibility index (Phi) is 8.70. The lowest BCUT2D eigenvalue weighted by Crippen LogP contribution is -2.38. The predicted molar refractivity (Wildman–Crippen MR) is 87.4 cm³/mol. The Balaban J connectivity index is 4.94. The van der Waals surface area contributed by atoms with E-state index >= 15 is 0 Å². The van der Waals surface area contributed by atoms with Crippen molar-refractivity contribution in [2.45, 2.75) is 59.2 Å². The second kappa shape index (κ2) is 8.82. The van der Waals surface area contributed by atoms with Crippen LogP contribution in [0.15, 0.2) is 12.8 Å². The molecular formula is C15H27IO3. The topological polar surface area (TPSA) is 35.5 Å². The van der Waals surface area contributed by atoms with Crippen LogP contribution in [0.3, 0.4) is 0 Å². The van der Waals surface area contributed by atoms with Crippen molar-refractivity contribution in [2.75, 3.05) is 4.43 Å². The zero-order valence-electron chi connectivity index (χ0n) is 12.7. The first kappa shape index (κ1) is 18.7. The number of alkyl halides is 1. The highest BCUT2D eigenvalue weighted by Gasteiger charge is 2.34. The molecule has 0 aromatic heterocycles. The van der Waals surface area contributed by atoms with E-state index in [1.165, 1.54) is 6.26 Å². The Hall–Kier alpha value is -0.260. The average molecular weight is 382 g/mol. The molecule has 2 atom stereocenters. The van der Waals surface area contributed by atoms with Crippen LogP contribution in [0.1, 0.15) is 47.5 Å². The van der Waals surface area contributed by atoms with Crippen LogP contribution in [0.2, 0.25) is 0 Å². The van der Waals surface area contributed by atoms with Gasteiger partial charge >= 0.3 is 5.97 Å². The molecular weight excluding hydrogens is 355 g/mol. The third-order valence-electron chi connectivity index (χ3n) is 2.67. The SMILES string of the molecule is C=CO[C@@H](C(C)C)[C@@H](CCCI)C(=O)OC(C)(C)C. The van der Waals surface area contributed by atoms with Gasteiger partial charge in [-0.25, -0.2) is 0 Å². The highest BCUT2D eigenvalue weighted by atomic mass is 127. The summed E-state index contributed by atoms with van der Waals surface area (Å²) in [6, 6.07) is 0. The Labute approximate surface area is 131 Å². The maximum absolute atomic E-state index is 12.3. The van der Waals surface area contributed by atoms with Crippen LogP contribution in [0.25, 0.3) is 0 Å². The summed E-state index contributed by atoms with van der Waals surface area (Å²) in [5, 5.41) is 0.